The number of hydrogen-bond acceptors (Lipinski definition) is 5. The lowest BCUT2D eigenvalue weighted by molar-refractivity contribution is 0.0512. The van der Waals surface area contributed by atoms with Gasteiger partial charge in [-0.2, -0.15) is 5.10 Å². The molecule has 0 bridgehead atoms. The van der Waals surface area contributed by atoms with Crippen molar-refractivity contribution in [3.63, 3.8) is 0 Å². The Morgan fingerprint density at radius 2 is 2.25 bits per heavy atom. The van der Waals surface area contributed by atoms with Gasteiger partial charge in [-0.15, -0.1) is 0 Å². The van der Waals surface area contributed by atoms with Crippen molar-refractivity contribution in [3.8, 4) is 5.69 Å². The van der Waals surface area contributed by atoms with Crippen LogP contribution in [0.25, 0.3) is 5.69 Å². The third kappa shape index (κ3) is 3.80. The fraction of sp³-hybridized carbons (Fsp3) is 0.471. The number of hydrogen-bond donors (Lipinski definition) is 2. The van der Waals surface area contributed by atoms with E-state index >= 15 is 0 Å². The molecule has 0 aromatic carbocycles. The van der Waals surface area contributed by atoms with Crippen molar-refractivity contribution in [1.29, 1.82) is 0 Å². The van der Waals surface area contributed by atoms with Crippen LogP contribution in [0.3, 0.4) is 0 Å². The van der Waals surface area contributed by atoms with E-state index in [-0.39, 0.29) is 11.3 Å². The second kappa shape index (κ2) is 7.55. The number of carbonyl (C=O) groups is 1. The Labute approximate surface area is 141 Å². The maximum absolute atomic E-state index is 12.4. The Morgan fingerprint density at radius 1 is 1.42 bits per heavy atom. The van der Waals surface area contributed by atoms with Crippen LogP contribution in [0.5, 0.6) is 0 Å². The number of rotatable bonds is 6. The van der Waals surface area contributed by atoms with Gasteiger partial charge in [0.2, 0.25) is 0 Å². The molecule has 3 rings (SSSR count). The first-order valence-electron chi connectivity index (χ1n) is 8.15. The van der Waals surface area contributed by atoms with Gasteiger partial charge in [0.15, 0.2) is 0 Å². The van der Waals surface area contributed by atoms with Crippen molar-refractivity contribution in [2.75, 3.05) is 33.4 Å². The van der Waals surface area contributed by atoms with Gasteiger partial charge in [0.1, 0.15) is 0 Å². The molecule has 1 aliphatic heterocycles. The summed E-state index contributed by atoms with van der Waals surface area (Å²) in [6, 6.07) is 3.73. The van der Waals surface area contributed by atoms with E-state index in [0.717, 1.165) is 31.6 Å². The predicted octanol–water partition coefficient (Wildman–Crippen LogP) is 1.01. The summed E-state index contributed by atoms with van der Waals surface area (Å²) in [5.41, 5.74) is 1.38. The highest BCUT2D eigenvalue weighted by Crippen LogP contribution is 2.28. The molecule has 7 heteroatoms. The van der Waals surface area contributed by atoms with Crippen LogP contribution in [0.1, 0.15) is 23.2 Å². The molecule has 1 aliphatic rings. The number of methoxy groups -OCH3 is 1. The van der Waals surface area contributed by atoms with Crippen LogP contribution in [0, 0.1) is 5.41 Å². The minimum atomic E-state index is -0.112. The number of nitrogens with one attached hydrogen (secondary N) is 2. The smallest absolute Gasteiger partial charge is 0.254 e. The van der Waals surface area contributed by atoms with E-state index in [0.29, 0.717) is 18.7 Å². The molecular formula is C17H23N5O2. The summed E-state index contributed by atoms with van der Waals surface area (Å²) < 4.78 is 7.03. The summed E-state index contributed by atoms with van der Waals surface area (Å²) in [6.45, 7) is 3.18. The Morgan fingerprint density at radius 3 is 2.96 bits per heavy atom. The number of carbonyl (C=O) groups excluding carboxylic acids is 1. The van der Waals surface area contributed by atoms with Crippen molar-refractivity contribution in [2.45, 2.75) is 12.8 Å². The highest BCUT2D eigenvalue weighted by atomic mass is 16.5. The maximum Gasteiger partial charge on any atom is 0.254 e. The molecule has 3 heterocycles. The van der Waals surface area contributed by atoms with Crippen LogP contribution in [0.2, 0.25) is 0 Å². The first kappa shape index (κ1) is 16.6. The zero-order valence-corrected chi connectivity index (χ0v) is 13.9. The Kier molecular flexibility index (Phi) is 5.22. The molecule has 7 nitrogen and oxygen atoms in total. The molecule has 2 N–H and O–H groups in total. The summed E-state index contributed by atoms with van der Waals surface area (Å²) in [6.07, 6.45) is 8.70. The number of ether oxygens (including phenoxy) is 1. The number of piperidine rings is 1. The van der Waals surface area contributed by atoms with Crippen molar-refractivity contribution in [3.05, 3.63) is 42.5 Å². The molecule has 0 unspecified atom stereocenters. The molecule has 0 aliphatic carbocycles. The van der Waals surface area contributed by atoms with Crippen LogP contribution >= 0.6 is 0 Å². The van der Waals surface area contributed by atoms with E-state index < -0.39 is 0 Å². The lowest BCUT2D eigenvalue weighted by Crippen LogP contribution is -2.47. The zero-order chi connectivity index (χ0) is 16.8. The highest BCUT2D eigenvalue weighted by Gasteiger charge is 2.32. The summed E-state index contributed by atoms with van der Waals surface area (Å²) in [5, 5.41) is 10.6. The predicted molar refractivity (Wildman–Crippen MR) is 90.1 cm³/mol. The Balaban J connectivity index is 1.63. The van der Waals surface area contributed by atoms with Crippen LogP contribution in [0.15, 0.2) is 36.9 Å². The lowest BCUT2D eigenvalue weighted by Gasteiger charge is -2.37. The Bertz CT molecular complexity index is 659. The topological polar surface area (TPSA) is 81.1 Å². The molecule has 2 aromatic heterocycles. The molecule has 1 fully saturated rings. The van der Waals surface area contributed by atoms with Gasteiger partial charge in [0, 0.05) is 31.5 Å². The van der Waals surface area contributed by atoms with Gasteiger partial charge >= 0.3 is 0 Å². The van der Waals surface area contributed by atoms with Gasteiger partial charge in [-0.05, 0) is 38.1 Å². The van der Waals surface area contributed by atoms with E-state index in [4.69, 9.17) is 4.74 Å². The Hall–Kier alpha value is -2.25. The largest absolute Gasteiger partial charge is 0.384 e. The van der Waals surface area contributed by atoms with Gasteiger partial charge < -0.3 is 15.4 Å². The molecule has 0 atom stereocenters. The number of nitrogens with zero attached hydrogens (tertiary/aromatic N) is 3. The molecule has 0 saturated carbocycles. The van der Waals surface area contributed by atoms with Crippen LogP contribution < -0.4 is 10.6 Å². The second-order valence-electron chi connectivity index (χ2n) is 6.25. The van der Waals surface area contributed by atoms with E-state index in [1.807, 2.05) is 12.1 Å². The van der Waals surface area contributed by atoms with Crippen molar-refractivity contribution in [2.24, 2.45) is 5.41 Å². The first-order valence-corrected chi connectivity index (χ1v) is 8.15. The van der Waals surface area contributed by atoms with Gasteiger partial charge in [0.25, 0.3) is 5.91 Å². The molecule has 0 radical (unpaired) electrons. The quantitative estimate of drug-likeness (QED) is 0.827. The van der Waals surface area contributed by atoms with Crippen LogP contribution in [0.4, 0.5) is 0 Å². The molecule has 1 amide bonds. The summed E-state index contributed by atoms with van der Waals surface area (Å²) >= 11 is 0. The zero-order valence-electron chi connectivity index (χ0n) is 13.9. The van der Waals surface area contributed by atoms with Gasteiger partial charge in [-0.25, -0.2) is 4.68 Å². The first-order chi connectivity index (χ1) is 11.7. The molecule has 24 heavy (non-hydrogen) atoms. The van der Waals surface area contributed by atoms with Gasteiger partial charge in [-0.1, -0.05) is 0 Å². The second-order valence-corrected chi connectivity index (χ2v) is 6.25. The lowest BCUT2D eigenvalue weighted by atomic mass is 9.79. The molecule has 0 spiro atoms. The summed E-state index contributed by atoms with van der Waals surface area (Å²) in [4.78, 5) is 16.5. The minimum absolute atomic E-state index is 0.00893. The normalized spacial score (nSPS) is 16.7. The van der Waals surface area contributed by atoms with E-state index in [1.54, 1.807) is 36.6 Å². The van der Waals surface area contributed by atoms with Gasteiger partial charge in [0.05, 0.1) is 30.3 Å². The fourth-order valence-corrected chi connectivity index (χ4v) is 3.08. The minimum Gasteiger partial charge on any atom is -0.384 e. The number of aromatic nitrogens is 3. The standard InChI is InChI=1S/C17H23N5O2/c1-24-13-17(4-7-18-8-5-17)12-20-16(23)14-9-21-22(11-14)15-3-2-6-19-10-15/h2-3,6,9-11,18H,4-5,7-8,12-13H2,1H3,(H,20,23). The van der Waals surface area contributed by atoms with E-state index in [2.05, 4.69) is 20.7 Å². The average Bonchev–Trinajstić information content (AvgIpc) is 3.12. The SMILES string of the molecule is COCC1(CNC(=O)c2cnn(-c3cccnc3)c2)CCNCC1. The highest BCUT2D eigenvalue weighted by molar-refractivity contribution is 5.93. The summed E-state index contributed by atoms with van der Waals surface area (Å²) in [5.74, 6) is -0.112. The van der Waals surface area contributed by atoms with E-state index in [1.165, 1.54) is 0 Å². The molecule has 2 aromatic rings. The van der Waals surface area contributed by atoms with Crippen molar-refractivity contribution in [1.82, 2.24) is 25.4 Å². The van der Waals surface area contributed by atoms with Crippen molar-refractivity contribution < 1.29 is 9.53 Å². The summed E-state index contributed by atoms with van der Waals surface area (Å²) in [7, 11) is 1.71. The van der Waals surface area contributed by atoms with Crippen molar-refractivity contribution >= 4 is 5.91 Å². The molecular weight excluding hydrogens is 306 g/mol. The number of amides is 1. The average molecular weight is 329 g/mol. The van der Waals surface area contributed by atoms with Crippen LogP contribution in [-0.4, -0.2) is 54.0 Å². The van der Waals surface area contributed by atoms with E-state index in [9.17, 15) is 4.79 Å². The fourth-order valence-electron chi connectivity index (χ4n) is 3.08. The number of pyridine rings is 1. The molecule has 1 saturated heterocycles. The monoisotopic (exact) mass is 329 g/mol. The maximum atomic E-state index is 12.4. The molecule has 128 valence electrons. The third-order valence-electron chi connectivity index (χ3n) is 4.49. The van der Waals surface area contributed by atoms with Crippen LogP contribution in [-0.2, 0) is 4.74 Å². The van der Waals surface area contributed by atoms with Gasteiger partial charge in [-0.3, -0.25) is 9.78 Å². The third-order valence-corrected chi connectivity index (χ3v) is 4.49.